The molecule has 0 radical (unpaired) electrons. The molecule has 104 valence electrons. The molecule has 0 spiro atoms. The number of hydrogen-bond acceptors (Lipinski definition) is 7. The van der Waals surface area contributed by atoms with Crippen LogP contribution in [0.5, 0.6) is 0 Å². The Balaban J connectivity index is 3.17. The molecule has 0 saturated carbocycles. The van der Waals surface area contributed by atoms with Crippen molar-refractivity contribution in [1.29, 1.82) is 0 Å². The smallest absolute Gasteiger partial charge is 0.361 e. The number of ketones is 1. The van der Waals surface area contributed by atoms with Crippen LogP contribution in [0.4, 0.5) is 0 Å². The zero-order valence-corrected chi connectivity index (χ0v) is 11.0. The Morgan fingerprint density at radius 3 is 2.21 bits per heavy atom. The molecule has 0 bridgehead atoms. The zero-order valence-electron chi connectivity index (χ0n) is 11.0. The molecule has 0 aromatic carbocycles. The van der Waals surface area contributed by atoms with Crippen LogP contribution in [0.1, 0.15) is 41.7 Å². The normalized spacial score (nSPS) is 10.1. The van der Waals surface area contributed by atoms with Crippen molar-refractivity contribution in [1.82, 2.24) is 15.0 Å². The van der Waals surface area contributed by atoms with Gasteiger partial charge in [0.05, 0.1) is 13.2 Å². The van der Waals surface area contributed by atoms with E-state index in [0.29, 0.717) is 0 Å². The molecular formula is C11H15N3O5. The Bertz CT molecular complexity index is 495. The van der Waals surface area contributed by atoms with Crippen molar-refractivity contribution >= 4 is 17.7 Å². The maximum Gasteiger partial charge on any atom is 0.361 e. The van der Waals surface area contributed by atoms with E-state index in [-0.39, 0.29) is 36.9 Å². The molecule has 0 atom stereocenters. The van der Waals surface area contributed by atoms with Crippen molar-refractivity contribution in [3.8, 4) is 0 Å². The average Bonchev–Trinajstić information content (AvgIpc) is 2.72. The van der Waals surface area contributed by atoms with Crippen molar-refractivity contribution in [3.63, 3.8) is 0 Å². The van der Waals surface area contributed by atoms with Crippen LogP contribution in [0.3, 0.4) is 0 Å². The summed E-state index contributed by atoms with van der Waals surface area (Å²) in [6.45, 7) is 4.69. The predicted molar refractivity (Wildman–Crippen MR) is 62.6 cm³/mol. The number of ether oxygens (including phenoxy) is 2. The van der Waals surface area contributed by atoms with E-state index in [1.54, 1.807) is 13.8 Å². The summed E-state index contributed by atoms with van der Waals surface area (Å²) in [5.74, 6) is -1.77. The van der Waals surface area contributed by atoms with Crippen LogP contribution in [-0.2, 0) is 20.8 Å². The molecule has 0 aliphatic heterocycles. The molecule has 1 heterocycles. The molecule has 8 nitrogen and oxygen atoms in total. The van der Waals surface area contributed by atoms with E-state index in [2.05, 4.69) is 10.3 Å². The molecule has 8 heteroatoms. The second-order valence-corrected chi connectivity index (χ2v) is 3.59. The first kappa shape index (κ1) is 14.8. The highest BCUT2D eigenvalue weighted by Gasteiger charge is 2.27. The Kier molecular flexibility index (Phi) is 5.16. The number of carbonyl (C=O) groups is 3. The maximum atomic E-state index is 11.8. The molecule has 0 aliphatic carbocycles. The lowest BCUT2D eigenvalue weighted by Gasteiger charge is -2.05. The quantitative estimate of drug-likeness (QED) is 0.681. The third-order valence-corrected chi connectivity index (χ3v) is 2.05. The first-order valence-electron chi connectivity index (χ1n) is 5.78. The summed E-state index contributed by atoms with van der Waals surface area (Å²) < 4.78 is 10.6. The highest BCUT2D eigenvalue weighted by Crippen LogP contribution is 2.09. The summed E-state index contributed by atoms with van der Waals surface area (Å²) in [6, 6.07) is 0. The molecule has 0 unspecified atom stereocenters. The van der Waals surface area contributed by atoms with Gasteiger partial charge in [0, 0.05) is 0 Å². The topological polar surface area (TPSA) is 100 Å². The summed E-state index contributed by atoms with van der Waals surface area (Å²) in [6.07, 6.45) is 0. The van der Waals surface area contributed by atoms with Crippen LogP contribution >= 0.6 is 0 Å². The monoisotopic (exact) mass is 269 g/mol. The minimum atomic E-state index is -0.777. The molecule has 1 aromatic rings. The molecule has 19 heavy (non-hydrogen) atoms. The molecule has 1 aromatic heterocycles. The van der Waals surface area contributed by atoms with E-state index in [9.17, 15) is 14.4 Å². The van der Waals surface area contributed by atoms with Crippen LogP contribution in [0.25, 0.3) is 0 Å². The van der Waals surface area contributed by atoms with Gasteiger partial charge in [-0.3, -0.25) is 4.79 Å². The Hall–Kier alpha value is -2.25. The third kappa shape index (κ3) is 3.60. The van der Waals surface area contributed by atoms with E-state index in [4.69, 9.17) is 9.47 Å². The van der Waals surface area contributed by atoms with Gasteiger partial charge in [-0.25, -0.2) is 14.3 Å². The largest absolute Gasteiger partial charge is 0.461 e. The molecule has 0 fully saturated rings. The van der Waals surface area contributed by atoms with Gasteiger partial charge in [0.25, 0.3) is 0 Å². The van der Waals surface area contributed by atoms with Gasteiger partial charge in [-0.05, 0) is 20.8 Å². The van der Waals surface area contributed by atoms with Crippen molar-refractivity contribution in [2.24, 2.45) is 0 Å². The zero-order chi connectivity index (χ0) is 14.4. The Morgan fingerprint density at radius 2 is 1.68 bits per heavy atom. The summed E-state index contributed by atoms with van der Waals surface area (Å²) in [5.41, 5.74) is -0.419. The number of carbonyl (C=O) groups excluding carboxylic acids is 3. The van der Waals surface area contributed by atoms with Crippen LogP contribution in [0, 0.1) is 0 Å². The van der Waals surface area contributed by atoms with Gasteiger partial charge in [0.15, 0.2) is 11.5 Å². The van der Waals surface area contributed by atoms with Gasteiger partial charge in [-0.2, -0.15) is 0 Å². The molecule has 0 N–H and O–H groups in total. The van der Waals surface area contributed by atoms with Gasteiger partial charge < -0.3 is 9.47 Å². The minimum absolute atomic E-state index is 0.131. The van der Waals surface area contributed by atoms with Crippen LogP contribution in [0.15, 0.2) is 0 Å². The van der Waals surface area contributed by atoms with Gasteiger partial charge in [0.2, 0.25) is 5.69 Å². The van der Waals surface area contributed by atoms with Gasteiger partial charge >= 0.3 is 11.9 Å². The number of aromatic nitrogens is 3. The van der Waals surface area contributed by atoms with Crippen molar-refractivity contribution in [2.45, 2.75) is 27.3 Å². The number of nitrogens with zero attached hydrogens (tertiary/aromatic N) is 3. The number of esters is 2. The van der Waals surface area contributed by atoms with E-state index < -0.39 is 11.9 Å². The lowest BCUT2D eigenvalue weighted by Crippen LogP contribution is -2.20. The first-order valence-corrected chi connectivity index (χ1v) is 5.78. The fourth-order valence-electron chi connectivity index (χ4n) is 1.37. The molecule has 0 aliphatic rings. The third-order valence-electron chi connectivity index (χ3n) is 2.05. The number of hydrogen-bond donors (Lipinski definition) is 0. The summed E-state index contributed by atoms with van der Waals surface area (Å²) in [4.78, 5) is 34.5. The SMILES string of the molecule is CCOC(=O)c1nnn(CC(C)=O)c1C(=O)OCC. The number of rotatable bonds is 6. The molecule has 0 saturated heterocycles. The lowest BCUT2D eigenvalue weighted by atomic mass is 10.3. The standard InChI is InChI=1S/C11H15N3O5/c1-4-18-10(16)8-9(11(17)19-5-2)14(13-12-8)6-7(3)15/h4-6H2,1-3H3. The summed E-state index contributed by atoms with van der Waals surface area (Å²) in [7, 11) is 0. The van der Waals surface area contributed by atoms with E-state index in [1.807, 2.05) is 0 Å². The highest BCUT2D eigenvalue weighted by atomic mass is 16.5. The van der Waals surface area contributed by atoms with Gasteiger partial charge in [0.1, 0.15) is 6.54 Å². The lowest BCUT2D eigenvalue weighted by molar-refractivity contribution is -0.117. The maximum absolute atomic E-state index is 11.8. The highest BCUT2D eigenvalue weighted by molar-refractivity contribution is 6.00. The van der Waals surface area contributed by atoms with Crippen LogP contribution in [0.2, 0.25) is 0 Å². The molecule has 1 rings (SSSR count). The number of Topliss-reactive ketones (excluding diaryl/α,β-unsaturated/α-hetero) is 1. The van der Waals surface area contributed by atoms with E-state index in [1.165, 1.54) is 6.92 Å². The van der Waals surface area contributed by atoms with Crippen LogP contribution < -0.4 is 0 Å². The van der Waals surface area contributed by atoms with Crippen LogP contribution in [-0.4, -0.2) is 45.9 Å². The average molecular weight is 269 g/mol. The molecular weight excluding hydrogens is 254 g/mol. The van der Waals surface area contributed by atoms with Gasteiger partial charge in [-0.15, -0.1) is 5.10 Å². The second-order valence-electron chi connectivity index (χ2n) is 3.59. The summed E-state index contributed by atoms with van der Waals surface area (Å²) in [5, 5.41) is 7.18. The Labute approximate surface area is 109 Å². The van der Waals surface area contributed by atoms with Crippen molar-refractivity contribution in [2.75, 3.05) is 13.2 Å². The minimum Gasteiger partial charge on any atom is -0.461 e. The summed E-state index contributed by atoms with van der Waals surface area (Å²) >= 11 is 0. The van der Waals surface area contributed by atoms with Gasteiger partial charge in [-0.1, -0.05) is 5.21 Å². The van der Waals surface area contributed by atoms with Crippen molar-refractivity contribution < 1.29 is 23.9 Å². The second kappa shape index (κ2) is 6.62. The first-order chi connectivity index (χ1) is 9.01. The molecule has 0 amide bonds. The Morgan fingerprint density at radius 1 is 1.11 bits per heavy atom. The fraction of sp³-hybridized carbons (Fsp3) is 0.545. The fourth-order valence-corrected chi connectivity index (χ4v) is 1.37. The van der Waals surface area contributed by atoms with E-state index in [0.717, 1.165) is 4.68 Å². The van der Waals surface area contributed by atoms with E-state index >= 15 is 0 Å². The predicted octanol–water partition coefficient (Wildman–Crippen LogP) is 0.220. The van der Waals surface area contributed by atoms with Crippen molar-refractivity contribution in [3.05, 3.63) is 11.4 Å².